The van der Waals surface area contributed by atoms with Crippen LogP contribution >= 0.6 is 0 Å². The molecule has 150 valence electrons. The minimum absolute atomic E-state index is 0.181. The number of hydrogen-bond acceptors (Lipinski definition) is 8. The van der Waals surface area contributed by atoms with Crippen molar-refractivity contribution in [3.05, 3.63) is 34.2 Å². The second-order valence-corrected chi connectivity index (χ2v) is 7.17. The average Bonchev–Trinajstić information content (AvgIpc) is 2.73. The highest BCUT2D eigenvalue weighted by Gasteiger charge is 2.21. The molecule has 2 aromatic rings. The van der Waals surface area contributed by atoms with E-state index in [9.17, 15) is 4.79 Å². The van der Waals surface area contributed by atoms with Gasteiger partial charge in [0.05, 0.1) is 13.2 Å². The summed E-state index contributed by atoms with van der Waals surface area (Å²) in [7, 11) is 0. The van der Waals surface area contributed by atoms with E-state index in [4.69, 9.17) is 9.72 Å². The summed E-state index contributed by atoms with van der Waals surface area (Å²) in [6.07, 6.45) is 3.82. The number of rotatable bonds is 5. The maximum absolute atomic E-state index is 12.1. The topological polar surface area (TPSA) is 107 Å². The molecule has 1 unspecified atom stereocenters. The van der Waals surface area contributed by atoms with Gasteiger partial charge in [0.2, 0.25) is 5.95 Å². The smallest absolute Gasteiger partial charge is 0.271 e. The maximum Gasteiger partial charge on any atom is 0.271 e. The third-order valence-electron chi connectivity index (χ3n) is 5.13. The molecule has 4 heterocycles. The van der Waals surface area contributed by atoms with Gasteiger partial charge < -0.3 is 30.6 Å². The van der Waals surface area contributed by atoms with E-state index in [1.807, 2.05) is 6.92 Å². The molecule has 0 radical (unpaired) electrons. The molecule has 2 fully saturated rings. The van der Waals surface area contributed by atoms with Crippen LogP contribution in [0.4, 0.5) is 23.3 Å². The van der Waals surface area contributed by atoms with Crippen LogP contribution in [-0.4, -0.2) is 60.4 Å². The first-order valence-electron chi connectivity index (χ1n) is 9.84. The van der Waals surface area contributed by atoms with Crippen LogP contribution < -0.4 is 26.4 Å². The molecule has 9 nitrogen and oxygen atoms in total. The minimum atomic E-state index is -0.181. The molecule has 0 saturated carbocycles. The van der Waals surface area contributed by atoms with Gasteiger partial charge in [-0.05, 0) is 38.4 Å². The van der Waals surface area contributed by atoms with Crippen molar-refractivity contribution in [2.75, 3.05) is 54.9 Å². The van der Waals surface area contributed by atoms with E-state index in [-0.39, 0.29) is 5.56 Å². The molecule has 0 aliphatic carbocycles. The number of aromatic amines is 1. The van der Waals surface area contributed by atoms with E-state index < -0.39 is 0 Å². The Kier molecular flexibility index (Phi) is 5.73. The lowest BCUT2D eigenvalue weighted by Gasteiger charge is -2.30. The highest BCUT2D eigenvalue weighted by atomic mass is 16.5. The van der Waals surface area contributed by atoms with Gasteiger partial charge in [-0.3, -0.25) is 4.79 Å². The molecular weight excluding hydrogens is 358 g/mol. The number of piperidine rings is 1. The molecule has 0 spiro atoms. The lowest BCUT2D eigenvalue weighted by atomic mass is 10.1. The quantitative estimate of drug-likeness (QED) is 0.609. The molecule has 2 aliphatic rings. The van der Waals surface area contributed by atoms with Crippen molar-refractivity contribution in [1.82, 2.24) is 20.3 Å². The van der Waals surface area contributed by atoms with Crippen LogP contribution in [0, 0.1) is 6.92 Å². The largest absolute Gasteiger partial charge is 0.378 e. The van der Waals surface area contributed by atoms with E-state index in [0.29, 0.717) is 36.7 Å². The number of nitrogens with one attached hydrogen (secondary N) is 4. The van der Waals surface area contributed by atoms with Crippen molar-refractivity contribution in [3.63, 3.8) is 0 Å². The zero-order valence-corrected chi connectivity index (χ0v) is 16.1. The lowest BCUT2D eigenvalue weighted by molar-refractivity contribution is 0.122. The molecule has 28 heavy (non-hydrogen) atoms. The molecule has 4 N–H and O–H groups in total. The predicted molar refractivity (Wildman–Crippen MR) is 110 cm³/mol. The van der Waals surface area contributed by atoms with E-state index in [1.54, 1.807) is 18.3 Å². The zero-order valence-electron chi connectivity index (χ0n) is 16.1. The van der Waals surface area contributed by atoms with Crippen LogP contribution in [0.15, 0.2) is 23.1 Å². The lowest BCUT2D eigenvalue weighted by Crippen LogP contribution is -2.40. The summed E-state index contributed by atoms with van der Waals surface area (Å²) < 4.78 is 5.48. The van der Waals surface area contributed by atoms with Crippen molar-refractivity contribution in [1.29, 1.82) is 0 Å². The minimum Gasteiger partial charge on any atom is -0.378 e. The SMILES string of the molecule is Cc1c(Nc2ccc[nH]c2=O)nc(NC2CCCNC2)nc1N1CCOCC1. The number of morpholine rings is 1. The van der Waals surface area contributed by atoms with E-state index in [0.717, 1.165) is 50.4 Å². The van der Waals surface area contributed by atoms with Crippen LogP contribution in [0.2, 0.25) is 0 Å². The number of anilines is 4. The van der Waals surface area contributed by atoms with Crippen LogP contribution in [-0.2, 0) is 4.74 Å². The van der Waals surface area contributed by atoms with Gasteiger partial charge in [-0.25, -0.2) is 0 Å². The summed E-state index contributed by atoms with van der Waals surface area (Å²) >= 11 is 0. The Morgan fingerprint density at radius 1 is 1.29 bits per heavy atom. The monoisotopic (exact) mass is 385 g/mol. The standard InChI is InChI=1S/C19H27N7O2/c1-13-16(23-15-5-3-7-21-18(15)27)24-19(22-14-4-2-6-20-12-14)25-17(13)26-8-10-28-11-9-26/h3,5,7,14,20H,2,4,6,8-12H2,1H3,(H,21,27)(H2,22,23,24,25). The van der Waals surface area contributed by atoms with Crippen LogP contribution in [0.3, 0.4) is 0 Å². The summed E-state index contributed by atoms with van der Waals surface area (Å²) in [6, 6.07) is 3.82. The third-order valence-corrected chi connectivity index (χ3v) is 5.13. The number of H-pyrrole nitrogens is 1. The van der Waals surface area contributed by atoms with Gasteiger partial charge in [-0.15, -0.1) is 0 Å². The van der Waals surface area contributed by atoms with Crippen molar-refractivity contribution in [3.8, 4) is 0 Å². The number of aromatic nitrogens is 3. The molecule has 2 aromatic heterocycles. The van der Waals surface area contributed by atoms with Gasteiger partial charge in [0.25, 0.3) is 5.56 Å². The second kappa shape index (κ2) is 8.57. The van der Waals surface area contributed by atoms with E-state index in [2.05, 4.69) is 30.8 Å². The molecule has 4 rings (SSSR count). The summed E-state index contributed by atoms with van der Waals surface area (Å²) in [5.74, 6) is 2.09. The van der Waals surface area contributed by atoms with Crippen molar-refractivity contribution >= 4 is 23.3 Å². The number of ether oxygens (including phenoxy) is 1. The molecule has 0 bridgehead atoms. The Morgan fingerprint density at radius 3 is 2.89 bits per heavy atom. The normalized spacial score (nSPS) is 20.0. The molecule has 2 aliphatic heterocycles. The van der Waals surface area contributed by atoms with E-state index >= 15 is 0 Å². The summed E-state index contributed by atoms with van der Waals surface area (Å²) in [5, 5.41) is 10.0. The third kappa shape index (κ3) is 4.26. The van der Waals surface area contributed by atoms with Gasteiger partial charge in [0, 0.05) is 37.4 Å². The molecule has 1 atom stereocenters. The van der Waals surface area contributed by atoms with Crippen molar-refractivity contribution in [2.45, 2.75) is 25.8 Å². The van der Waals surface area contributed by atoms with Gasteiger partial charge in [0.1, 0.15) is 17.3 Å². The predicted octanol–water partition coefficient (Wildman–Crippen LogP) is 1.22. The summed E-state index contributed by atoms with van der Waals surface area (Å²) in [5.41, 5.74) is 1.19. The van der Waals surface area contributed by atoms with Crippen molar-refractivity contribution < 1.29 is 4.74 Å². The first kappa shape index (κ1) is 18.7. The fourth-order valence-electron chi connectivity index (χ4n) is 3.58. The highest BCUT2D eigenvalue weighted by molar-refractivity contribution is 5.67. The number of nitrogens with zero attached hydrogens (tertiary/aromatic N) is 3. The Bertz CT molecular complexity index is 858. The maximum atomic E-state index is 12.1. The fraction of sp³-hybridized carbons (Fsp3) is 0.526. The first-order valence-corrected chi connectivity index (χ1v) is 9.84. The Labute approximate surface area is 163 Å². The molecular formula is C19H27N7O2. The summed E-state index contributed by atoms with van der Waals surface area (Å²) in [6.45, 7) is 6.86. The van der Waals surface area contributed by atoms with Gasteiger partial charge in [-0.2, -0.15) is 9.97 Å². The van der Waals surface area contributed by atoms with Gasteiger partial charge in [0.15, 0.2) is 0 Å². The Morgan fingerprint density at radius 2 is 2.14 bits per heavy atom. The molecule has 2 saturated heterocycles. The van der Waals surface area contributed by atoms with Gasteiger partial charge >= 0.3 is 0 Å². The number of pyridine rings is 1. The molecule has 0 aromatic carbocycles. The van der Waals surface area contributed by atoms with Crippen LogP contribution in [0.25, 0.3) is 0 Å². The fourth-order valence-corrected chi connectivity index (χ4v) is 3.58. The van der Waals surface area contributed by atoms with E-state index in [1.165, 1.54) is 0 Å². The zero-order chi connectivity index (χ0) is 19.3. The molecule has 9 heteroatoms. The highest BCUT2D eigenvalue weighted by Crippen LogP contribution is 2.28. The van der Waals surface area contributed by atoms with Crippen LogP contribution in [0.5, 0.6) is 0 Å². The first-order chi connectivity index (χ1) is 13.7. The molecule has 0 amide bonds. The second-order valence-electron chi connectivity index (χ2n) is 7.17. The summed E-state index contributed by atoms with van der Waals surface area (Å²) in [4.78, 5) is 26.5. The number of hydrogen-bond donors (Lipinski definition) is 4. The van der Waals surface area contributed by atoms with Crippen molar-refractivity contribution in [2.24, 2.45) is 0 Å². The van der Waals surface area contributed by atoms with Gasteiger partial charge in [-0.1, -0.05) is 0 Å². The average molecular weight is 385 g/mol. The Balaban J connectivity index is 1.67. The van der Waals surface area contributed by atoms with Crippen LogP contribution in [0.1, 0.15) is 18.4 Å². The Hall–Kier alpha value is -2.65.